The van der Waals surface area contributed by atoms with Crippen molar-refractivity contribution in [1.29, 1.82) is 0 Å². The number of rotatable bonds is 11. The Hall–Kier alpha value is -4.43. The second kappa shape index (κ2) is 13.2. The first-order valence-electron chi connectivity index (χ1n) is 11.9. The molecular weight excluding hydrogens is 500 g/mol. The molecule has 38 heavy (non-hydrogen) atoms. The number of anilines is 2. The Morgan fingerprint density at radius 2 is 1.37 bits per heavy atom. The summed E-state index contributed by atoms with van der Waals surface area (Å²) in [5.41, 5.74) is 2.02. The standard InChI is InChI=1S/C30H28N2O5S/c1-35-25-16-23(17-26(19-25)36-2)32-30(34)29(21-10-5-3-6-11-21)38-27-15-9-12-22(18-27)31-28(33)20-37-24-13-7-4-8-14-24/h3-19,29H,20H2,1-2H3,(H,31,33)(H,32,34). The van der Waals surface area contributed by atoms with Crippen LogP contribution in [0.15, 0.2) is 108 Å². The molecule has 1 unspecified atom stereocenters. The van der Waals surface area contributed by atoms with Gasteiger partial charge in [0.1, 0.15) is 22.5 Å². The zero-order chi connectivity index (χ0) is 26.7. The van der Waals surface area contributed by atoms with Gasteiger partial charge in [0.15, 0.2) is 6.61 Å². The first-order chi connectivity index (χ1) is 18.5. The van der Waals surface area contributed by atoms with Gasteiger partial charge in [-0.1, -0.05) is 54.6 Å². The Kier molecular flexibility index (Phi) is 9.26. The van der Waals surface area contributed by atoms with Crippen molar-refractivity contribution in [2.45, 2.75) is 10.1 Å². The molecule has 0 aliphatic rings. The van der Waals surface area contributed by atoms with Gasteiger partial charge in [-0.2, -0.15) is 0 Å². The Labute approximate surface area is 226 Å². The van der Waals surface area contributed by atoms with Crippen molar-refractivity contribution in [3.63, 3.8) is 0 Å². The van der Waals surface area contributed by atoms with Crippen LogP contribution < -0.4 is 24.8 Å². The van der Waals surface area contributed by atoms with Gasteiger partial charge in [0.2, 0.25) is 5.91 Å². The van der Waals surface area contributed by atoms with Crippen LogP contribution in [0.5, 0.6) is 17.2 Å². The quantitative estimate of drug-likeness (QED) is 0.226. The molecular formula is C30H28N2O5S. The number of hydrogen-bond donors (Lipinski definition) is 2. The van der Waals surface area contributed by atoms with Crippen LogP contribution in [0.2, 0.25) is 0 Å². The van der Waals surface area contributed by atoms with E-state index in [1.165, 1.54) is 11.8 Å². The fraction of sp³-hybridized carbons (Fsp3) is 0.133. The molecule has 4 rings (SSSR count). The smallest absolute Gasteiger partial charge is 0.262 e. The van der Waals surface area contributed by atoms with Crippen molar-refractivity contribution in [1.82, 2.24) is 0 Å². The number of nitrogens with one attached hydrogen (secondary N) is 2. The van der Waals surface area contributed by atoms with E-state index in [0.717, 1.165) is 10.5 Å². The highest BCUT2D eigenvalue weighted by atomic mass is 32.2. The molecule has 2 amide bonds. The summed E-state index contributed by atoms with van der Waals surface area (Å²) in [4.78, 5) is 26.7. The van der Waals surface area contributed by atoms with Gasteiger partial charge < -0.3 is 24.8 Å². The Balaban J connectivity index is 1.48. The highest BCUT2D eigenvalue weighted by Gasteiger charge is 2.23. The minimum atomic E-state index is -0.555. The average molecular weight is 529 g/mol. The molecule has 0 spiro atoms. The van der Waals surface area contributed by atoms with E-state index in [0.29, 0.717) is 28.6 Å². The molecule has 0 heterocycles. The lowest BCUT2D eigenvalue weighted by atomic mass is 10.1. The van der Waals surface area contributed by atoms with E-state index in [4.69, 9.17) is 14.2 Å². The van der Waals surface area contributed by atoms with Crippen molar-refractivity contribution < 1.29 is 23.8 Å². The molecule has 0 aliphatic heterocycles. The van der Waals surface area contributed by atoms with Crippen LogP contribution in [0.1, 0.15) is 10.8 Å². The third kappa shape index (κ3) is 7.54. The summed E-state index contributed by atoms with van der Waals surface area (Å²) in [5.74, 6) is 1.28. The van der Waals surface area contributed by atoms with Gasteiger partial charge in [-0.15, -0.1) is 11.8 Å². The van der Waals surface area contributed by atoms with Gasteiger partial charge in [-0.3, -0.25) is 9.59 Å². The minimum Gasteiger partial charge on any atom is -0.497 e. The van der Waals surface area contributed by atoms with Crippen LogP contribution in [0.25, 0.3) is 0 Å². The van der Waals surface area contributed by atoms with Gasteiger partial charge in [-0.25, -0.2) is 0 Å². The van der Waals surface area contributed by atoms with Crippen LogP contribution in [0.3, 0.4) is 0 Å². The van der Waals surface area contributed by atoms with E-state index < -0.39 is 5.25 Å². The summed E-state index contributed by atoms with van der Waals surface area (Å²) in [6, 6.07) is 31.3. The minimum absolute atomic E-state index is 0.111. The van der Waals surface area contributed by atoms with E-state index in [2.05, 4.69) is 10.6 Å². The number of carbonyl (C=O) groups excluding carboxylic acids is 2. The number of ether oxygens (including phenoxy) is 3. The zero-order valence-corrected chi connectivity index (χ0v) is 21.9. The normalized spacial score (nSPS) is 11.2. The van der Waals surface area contributed by atoms with Gasteiger partial charge in [-0.05, 0) is 35.9 Å². The molecule has 1 atom stereocenters. The largest absolute Gasteiger partial charge is 0.497 e. The lowest BCUT2D eigenvalue weighted by molar-refractivity contribution is -0.118. The topological polar surface area (TPSA) is 85.9 Å². The van der Waals surface area contributed by atoms with Crippen molar-refractivity contribution in [3.8, 4) is 17.2 Å². The van der Waals surface area contributed by atoms with E-state index in [9.17, 15) is 9.59 Å². The summed E-state index contributed by atoms with van der Waals surface area (Å²) in [6.45, 7) is -0.111. The number of amides is 2. The molecule has 4 aromatic rings. The van der Waals surface area contributed by atoms with E-state index in [1.807, 2.05) is 66.7 Å². The molecule has 0 saturated heterocycles. The molecule has 0 saturated carbocycles. The van der Waals surface area contributed by atoms with Crippen molar-refractivity contribution >= 4 is 35.0 Å². The molecule has 4 aromatic carbocycles. The monoisotopic (exact) mass is 528 g/mol. The van der Waals surface area contributed by atoms with Gasteiger partial charge >= 0.3 is 0 Å². The number of methoxy groups -OCH3 is 2. The maximum Gasteiger partial charge on any atom is 0.262 e. The first kappa shape index (κ1) is 26.6. The van der Waals surface area contributed by atoms with Crippen LogP contribution in [0, 0.1) is 0 Å². The van der Waals surface area contributed by atoms with Crippen LogP contribution in [-0.2, 0) is 9.59 Å². The maximum absolute atomic E-state index is 13.5. The van der Waals surface area contributed by atoms with E-state index in [1.54, 1.807) is 50.6 Å². The molecule has 0 aromatic heterocycles. The predicted molar refractivity (Wildman–Crippen MR) is 150 cm³/mol. The number of thioether (sulfide) groups is 1. The average Bonchev–Trinajstić information content (AvgIpc) is 2.95. The lowest BCUT2D eigenvalue weighted by Gasteiger charge is -2.18. The highest BCUT2D eigenvalue weighted by molar-refractivity contribution is 8.00. The highest BCUT2D eigenvalue weighted by Crippen LogP contribution is 2.37. The summed E-state index contributed by atoms with van der Waals surface area (Å²) < 4.78 is 16.2. The van der Waals surface area contributed by atoms with Crippen LogP contribution in [0.4, 0.5) is 11.4 Å². The SMILES string of the molecule is COc1cc(NC(=O)C(Sc2cccc(NC(=O)COc3ccccc3)c2)c2ccccc2)cc(OC)c1. The van der Waals surface area contributed by atoms with Crippen LogP contribution >= 0.6 is 11.8 Å². The first-order valence-corrected chi connectivity index (χ1v) is 12.8. The third-order valence-electron chi connectivity index (χ3n) is 5.44. The Morgan fingerprint density at radius 3 is 2.03 bits per heavy atom. The molecule has 8 heteroatoms. The number of para-hydroxylation sites is 1. The number of hydrogen-bond acceptors (Lipinski definition) is 6. The second-order valence-corrected chi connectivity index (χ2v) is 9.36. The Morgan fingerprint density at radius 1 is 0.711 bits per heavy atom. The zero-order valence-electron chi connectivity index (χ0n) is 21.0. The predicted octanol–water partition coefficient (Wildman–Crippen LogP) is 6.19. The molecule has 0 bridgehead atoms. The number of benzene rings is 4. The van der Waals surface area contributed by atoms with Gasteiger partial charge in [0, 0.05) is 34.5 Å². The van der Waals surface area contributed by atoms with Crippen molar-refractivity contribution in [2.24, 2.45) is 0 Å². The van der Waals surface area contributed by atoms with Crippen molar-refractivity contribution in [3.05, 3.63) is 109 Å². The number of carbonyl (C=O) groups is 2. The van der Waals surface area contributed by atoms with E-state index >= 15 is 0 Å². The summed E-state index contributed by atoms with van der Waals surface area (Å²) in [5, 5.41) is 5.28. The third-order valence-corrected chi connectivity index (χ3v) is 6.69. The molecule has 0 radical (unpaired) electrons. The molecule has 194 valence electrons. The second-order valence-electron chi connectivity index (χ2n) is 8.18. The molecule has 2 N–H and O–H groups in total. The lowest BCUT2D eigenvalue weighted by Crippen LogP contribution is -2.20. The van der Waals surface area contributed by atoms with Gasteiger partial charge in [0.25, 0.3) is 5.91 Å². The fourth-order valence-electron chi connectivity index (χ4n) is 3.63. The molecule has 7 nitrogen and oxygen atoms in total. The van der Waals surface area contributed by atoms with E-state index in [-0.39, 0.29) is 18.4 Å². The van der Waals surface area contributed by atoms with Crippen molar-refractivity contribution in [2.75, 3.05) is 31.5 Å². The summed E-state index contributed by atoms with van der Waals surface area (Å²) in [7, 11) is 3.12. The molecule has 0 fully saturated rings. The summed E-state index contributed by atoms with van der Waals surface area (Å²) >= 11 is 1.38. The molecule has 0 aliphatic carbocycles. The maximum atomic E-state index is 13.5. The van der Waals surface area contributed by atoms with Gasteiger partial charge in [0.05, 0.1) is 14.2 Å². The van der Waals surface area contributed by atoms with Crippen LogP contribution in [-0.4, -0.2) is 32.6 Å². The fourth-order valence-corrected chi connectivity index (χ4v) is 4.72. The summed E-state index contributed by atoms with van der Waals surface area (Å²) in [6.07, 6.45) is 0. The Bertz CT molecular complexity index is 1340.